The minimum atomic E-state index is -1.76. The van der Waals surface area contributed by atoms with Crippen molar-refractivity contribution in [2.24, 2.45) is 0 Å². The maximum absolute atomic E-state index is 12.2. The molecule has 0 aliphatic carbocycles. The van der Waals surface area contributed by atoms with Crippen LogP contribution < -0.4 is 22.5 Å². The first-order valence-corrected chi connectivity index (χ1v) is 13.2. The average Bonchev–Trinajstić information content (AvgIpc) is 3.53. The predicted octanol–water partition coefficient (Wildman–Crippen LogP) is -3.97. The van der Waals surface area contributed by atoms with Crippen LogP contribution in [-0.2, 0) is 19.1 Å². The van der Waals surface area contributed by atoms with E-state index < -0.39 is 83.0 Å². The second-order valence-electron chi connectivity index (χ2n) is 11.0. The molecule has 42 heavy (non-hydrogen) atoms. The van der Waals surface area contributed by atoms with Gasteiger partial charge in [0, 0.05) is 37.6 Å². The molecule has 8 atom stereocenters. The third kappa shape index (κ3) is 3.81. The summed E-state index contributed by atoms with van der Waals surface area (Å²) < 4.78 is 13.6. The highest BCUT2D eigenvalue weighted by atomic mass is 16.6. The normalized spacial score (nSPS) is 34.8. The second-order valence-corrected chi connectivity index (χ2v) is 11.0. The number of carbonyl (C=O) groups is 2. The quantitative estimate of drug-likeness (QED) is 0.230. The van der Waals surface area contributed by atoms with Crippen LogP contribution in [0.15, 0.2) is 31.6 Å². The maximum Gasteiger partial charge on any atom is 0.330 e. The molecule has 2 aromatic rings. The molecule has 0 radical (unpaired) electrons. The zero-order valence-electron chi connectivity index (χ0n) is 23.4. The van der Waals surface area contributed by atoms with E-state index in [2.05, 4.69) is 9.97 Å². The number of nitrogens with one attached hydrogen (secondary N) is 2. The number of ether oxygens (including phenoxy) is 2. The van der Waals surface area contributed by atoms with E-state index in [0.717, 1.165) is 4.57 Å². The Kier molecular flexibility index (Phi) is 6.93. The molecule has 4 fully saturated rings. The number of morpholine rings is 2. The second kappa shape index (κ2) is 9.84. The van der Waals surface area contributed by atoms with E-state index in [0.29, 0.717) is 17.5 Å². The minimum absolute atomic E-state index is 0.284. The number of rotatable bonds is 4. The molecule has 0 saturated carbocycles. The van der Waals surface area contributed by atoms with Gasteiger partial charge >= 0.3 is 11.4 Å². The van der Waals surface area contributed by atoms with Crippen LogP contribution in [-0.4, -0.2) is 112 Å². The van der Waals surface area contributed by atoms with Crippen LogP contribution >= 0.6 is 0 Å². The lowest BCUT2D eigenvalue weighted by atomic mass is 9.96. The van der Waals surface area contributed by atoms with Crippen molar-refractivity contribution in [1.82, 2.24) is 28.9 Å². The van der Waals surface area contributed by atoms with Gasteiger partial charge in [-0.25, -0.2) is 9.59 Å². The summed E-state index contributed by atoms with van der Waals surface area (Å²) in [6, 6.07) is -1.46. The van der Waals surface area contributed by atoms with Crippen molar-refractivity contribution in [3.05, 3.63) is 65.2 Å². The number of aliphatic hydroxyl groups is 3. The SMILES string of the molecule is CC[C@@]12O[C@@H](n3cc(C)c(=O)[nH]c3=O)[C@H](C1O)N(C)C2=O.Cc1cn([C@@H]2O[C@@]3(CO)C(=O)N(C)[C@H]2C3O)c(=O)[nH]c1=O. The number of nitrogens with zero attached hydrogens (tertiary/aromatic N) is 4. The first-order valence-electron chi connectivity index (χ1n) is 13.2. The number of hydrogen-bond donors (Lipinski definition) is 5. The predicted molar refractivity (Wildman–Crippen MR) is 140 cm³/mol. The van der Waals surface area contributed by atoms with Gasteiger partial charge in [-0.05, 0) is 20.3 Å². The van der Waals surface area contributed by atoms with Crippen molar-refractivity contribution in [1.29, 1.82) is 0 Å². The van der Waals surface area contributed by atoms with Crippen molar-refractivity contribution < 1.29 is 34.4 Å². The largest absolute Gasteiger partial charge is 0.393 e. The molecule has 4 bridgehead atoms. The number of H-pyrrole nitrogens is 2. The Balaban J connectivity index is 0.000000168. The Hall–Kier alpha value is -3.90. The van der Waals surface area contributed by atoms with E-state index in [9.17, 15) is 44.1 Å². The number of aliphatic hydroxyl groups excluding tert-OH is 3. The van der Waals surface area contributed by atoms with Gasteiger partial charge in [-0.15, -0.1) is 0 Å². The van der Waals surface area contributed by atoms with E-state index in [1.165, 1.54) is 40.7 Å². The van der Waals surface area contributed by atoms with Gasteiger partial charge in [-0.2, -0.15) is 0 Å². The third-order valence-corrected chi connectivity index (χ3v) is 8.71. The number of fused-ring (bicyclic) bond motifs is 4. The lowest BCUT2D eigenvalue weighted by molar-refractivity contribution is -0.182. The van der Waals surface area contributed by atoms with E-state index >= 15 is 0 Å². The molecule has 2 amide bonds. The van der Waals surface area contributed by atoms with Gasteiger partial charge in [0.1, 0.15) is 24.3 Å². The molecule has 2 unspecified atom stereocenters. The van der Waals surface area contributed by atoms with Crippen LogP contribution in [0.5, 0.6) is 0 Å². The van der Waals surface area contributed by atoms with Crippen LogP contribution in [0.3, 0.4) is 0 Å². The summed E-state index contributed by atoms with van der Waals surface area (Å²) in [5.74, 6) is -0.819. The summed E-state index contributed by atoms with van der Waals surface area (Å²) in [6.07, 6.45) is -1.05. The van der Waals surface area contributed by atoms with Crippen molar-refractivity contribution in [2.45, 2.75) is 75.1 Å². The van der Waals surface area contributed by atoms with Crippen molar-refractivity contribution in [3.8, 4) is 0 Å². The highest BCUT2D eigenvalue weighted by molar-refractivity contribution is 5.90. The number of hydrogen-bond acceptors (Lipinski definition) is 11. The van der Waals surface area contributed by atoms with Crippen LogP contribution in [0.2, 0.25) is 0 Å². The molecule has 17 nitrogen and oxygen atoms in total. The standard InChI is InChI=1S/C13H17N3O5.C12H15N3O6/c1-4-13-8(17)7(15(3)11(13)19)10(21-13)16-5-6(2)9(18)14-12(16)20;1-5-3-15(11(20)13-8(5)18)9-6-7(17)12(4-16,21-9)10(19)14(6)2/h5,7-8,10,17H,4H2,1-3H3,(H,14,18,20);3,6-7,9,16-17H,4H2,1-2H3,(H,13,18,20)/t7-,8?,10+,13+;6-,7?,9+,12+/m00/s1. The number of aromatic amines is 2. The minimum Gasteiger partial charge on any atom is -0.393 e. The molecular weight excluding hydrogens is 560 g/mol. The zero-order chi connectivity index (χ0) is 31.0. The average molecular weight is 593 g/mol. The Morgan fingerprint density at radius 2 is 1.14 bits per heavy atom. The Bertz CT molecular complexity index is 1570. The summed E-state index contributed by atoms with van der Waals surface area (Å²) in [5.41, 5.74) is -4.72. The van der Waals surface area contributed by atoms with Gasteiger partial charge < -0.3 is 34.6 Å². The van der Waals surface area contributed by atoms with Gasteiger partial charge in [0.2, 0.25) is 0 Å². The summed E-state index contributed by atoms with van der Waals surface area (Å²) in [4.78, 5) is 78.0. The molecule has 6 heterocycles. The molecule has 17 heteroatoms. The number of carbonyl (C=O) groups excluding carboxylic acids is 2. The first kappa shape index (κ1) is 29.6. The molecule has 228 valence electrons. The van der Waals surface area contributed by atoms with E-state index in [-0.39, 0.29) is 5.91 Å². The highest BCUT2D eigenvalue weighted by Gasteiger charge is 2.69. The molecular formula is C25H32N6O11. The zero-order valence-corrected chi connectivity index (χ0v) is 23.4. The van der Waals surface area contributed by atoms with Gasteiger partial charge in [-0.3, -0.25) is 38.3 Å². The molecule has 5 N–H and O–H groups in total. The maximum atomic E-state index is 12.2. The fourth-order valence-corrected chi connectivity index (χ4v) is 6.24. The molecule has 6 rings (SSSR count). The smallest absolute Gasteiger partial charge is 0.330 e. The number of likely N-dealkylation sites (tertiary alicyclic amines) is 2. The van der Waals surface area contributed by atoms with E-state index in [1.807, 2.05) is 0 Å². The van der Waals surface area contributed by atoms with Gasteiger partial charge in [0.25, 0.3) is 22.9 Å². The fraction of sp³-hybridized carbons (Fsp3) is 0.600. The monoisotopic (exact) mass is 592 g/mol. The Morgan fingerprint density at radius 1 is 0.762 bits per heavy atom. The summed E-state index contributed by atoms with van der Waals surface area (Å²) >= 11 is 0. The van der Waals surface area contributed by atoms with Gasteiger partial charge in [0.05, 0.1) is 6.61 Å². The molecule has 0 spiro atoms. The number of aryl methyl sites for hydroxylation is 2. The topological polar surface area (TPSA) is 229 Å². The fourth-order valence-electron chi connectivity index (χ4n) is 6.24. The van der Waals surface area contributed by atoms with E-state index in [4.69, 9.17) is 9.47 Å². The summed E-state index contributed by atoms with van der Waals surface area (Å²) in [6.45, 7) is 4.15. The Labute approximate surface area is 236 Å². The lowest BCUT2D eigenvalue weighted by Crippen LogP contribution is -2.52. The van der Waals surface area contributed by atoms with E-state index in [1.54, 1.807) is 20.9 Å². The highest BCUT2D eigenvalue weighted by Crippen LogP contribution is 2.48. The Morgan fingerprint density at radius 3 is 1.50 bits per heavy atom. The molecule has 0 aromatic carbocycles. The van der Waals surface area contributed by atoms with Crippen LogP contribution in [0.25, 0.3) is 0 Å². The molecule has 4 aliphatic rings. The lowest BCUT2D eigenvalue weighted by Gasteiger charge is -2.34. The molecule has 4 saturated heterocycles. The van der Waals surface area contributed by atoms with Crippen LogP contribution in [0, 0.1) is 13.8 Å². The number of likely N-dealkylation sites (N-methyl/N-ethyl adjacent to an activating group) is 2. The summed E-state index contributed by atoms with van der Waals surface area (Å²) in [5, 5.41) is 30.1. The van der Waals surface area contributed by atoms with Crippen LogP contribution in [0.1, 0.15) is 36.9 Å². The van der Waals surface area contributed by atoms with Crippen molar-refractivity contribution >= 4 is 11.8 Å². The molecule has 4 aliphatic heterocycles. The van der Waals surface area contributed by atoms with Crippen LogP contribution in [0.4, 0.5) is 0 Å². The van der Waals surface area contributed by atoms with Crippen molar-refractivity contribution in [2.75, 3.05) is 20.7 Å². The van der Waals surface area contributed by atoms with Crippen molar-refractivity contribution in [3.63, 3.8) is 0 Å². The summed E-state index contributed by atoms with van der Waals surface area (Å²) in [7, 11) is 3.04. The van der Waals surface area contributed by atoms with Gasteiger partial charge in [-0.1, -0.05) is 6.92 Å². The number of amides is 2. The molecule has 2 aromatic heterocycles. The first-order chi connectivity index (χ1) is 19.7. The number of aromatic nitrogens is 4. The third-order valence-electron chi connectivity index (χ3n) is 8.71. The van der Waals surface area contributed by atoms with Gasteiger partial charge in [0.15, 0.2) is 23.7 Å².